The second-order valence-electron chi connectivity index (χ2n) is 6.53. The fourth-order valence-electron chi connectivity index (χ4n) is 3.45. The number of carbonyl (C=O) groups excluding carboxylic acids is 1. The predicted octanol–water partition coefficient (Wildman–Crippen LogP) is 4.42. The number of amides is 1. The molecule has 2 aromatic heterocycles. The Balaban J connectivity index is 1.52. The van der Waals surface area contributed by atoms with Crippen molar-refractivity contribution in [3.63, 3.8) is 0 Å². The van der Waals surface area contributed by atoms with Crippen molar-refractivity contribution in [1.29, 1.82) is 0 Å². The molecule has 2 heterocycles. The molecule has 3 aromatic rings. The van der Waals surface area contributed by atoms with Gasteiger partial charge in [0, 0.05) is 0 Å². The number of carboxylic acids is 1. The Morgan fingerprint density at radius 2 is 2.11 bits per heavy atom. The van der Waals surface area contributed by atoms with Crippen LogP contribution in [-0.4, -0.2) is 34.6 Å². The van der Waals surface area contributed by atoms with Crippen LogP contribution in [-0.2, 0) is 16.0 Å². The van der Waals surface area contributed by atoms with Crippen LogP contribution in [0.2, 0.25) is 9.36 Å². The van der Waals surface area contributed by atoms with E-state index in [4.69, 9.17) is 33.0 Å². The normalized spacial score (nSPS) is 18.4. The summed E-state index contributed by atoms with van der Waals surface area (Å²) in [6, 6.07) is 9.19. The Morgan fingerprint density at radius 1 is 1.32 bits per heavy atom. The maximum atomic E-state index is 12.8. The summed E-state index contributed by atoms with van der Waals surface area (Å²) in [4.78, 5) is 26.6. The highest BCUT2D eigenvalue weighted by molar-refractivity contribution is 7.23. The number of aliphatic carboxylic acids is 1. The lowest BCUT2D eigenvalue weighted by atomic mass is 10.1. The molecule has 2 atom stereocenters. The van der Waals surface area contributed by atoms with Crippen LogP contribution in [0.25, 0.3) is 10.2 Å². The molecule has 0 unspecified atom stereocenters. The van der Waals surface area contributed by atoms with Crippen molar-refractivity contribution in [2.24, 2.45) is 0 Å². The number of aromatic amines is 1. The standard InChI is InChI=1S/C19H16Cl2N2O4S/c20-15-16-13(28-18(15)21)8-12(22-16)19(26)23-11-7-9-3-1-2-4-10(9)17(11)27-6-5-14(24)25/h1-4,8,11,17,22H,5-7H2,(H,23,26)(H,24,25)/t11-,17-/m1/s1. The van der Waals surface area contributed by atoms with E-state index in [1.807, 2.05) is 24.3 Å². The van der Waals surface area contributed by atoms with Crippen molar-refractivity contribution >= 4 is 56.6 Å². The fourth-order valence-corrected chi connectivity index (χ4v) is 4.93. The van der Waals surface area contributed by atoms with E-state index in [0.717, 1.165) is 15.8 Å². The Labute approximate surface area is 174 Å². The summed E-state index contributed by atoms with van der Waals surface area (Å²) in [6.07, 6.45) is 0.126. The Hall–Kier alpha value is -2.06. The molecular weight excluding hydrogens is 423 g/mol. The summed E-state index contributed by atoms with van der Waals surface area (Å²) in [5, 5.41) is 12.3. The van der Waals surface area contributed by atoms with Crippen molar-refractivity contribution in [2.75, 3.05) is 6.61 Å². The number of hydrogen-bond acceptors (Lipinski definition) is 4. The van der Waals surface area contributed by atoms with E-state index >= 15 is 0 Å². The number of rotatable bonds is 6. The van der Waals surface area contributed by atoms with Crippen LogP contribution in [0.5, 0.6) is 0 Å². The maximum absolute atomic E-state index is 12.8. The van der Waals surface area contributed by atoms with Crippen LogP contribution in [0.15, 0.2) is 30.3 Å². The van der Waals surface area contributed by atoms with E-state index in [1.165, 1.54) is 11.3 Å². The lowest BCUT2D eigenvalue weighted by Crippen LogP contribution is -2.39. The number of thiophene rings is 1. The zero-order valence-corrected chi connectivity index (χ0v) is 16.8. The zero-order valence-electron chi connectivity index (χ0n) is 14.5. The van der Waals surface area contributed by atoms with Gasteiger partial charge in [-0.3, -0.25) is 9.59 Å². The number of carboxylic acid groups (broad SMARTS) is 1. The number of halogens is 2. The number of nitrogens with one attached hydrogen (secondary N) is 2. The first kappa shape index (κ1) is 19.3. The Bertz CT molecular complexity index is 1060. The molecule has 0 saturated heterocycles. The largest absolute Gasteiger partial charge is 0.481 e. The van der Waals surface area contributed by atoms with Gasteiger partial charge in [-0.2, -0.15) is 0 Å². The molecule has 1 aliphatic carbocycles. The van der Waals surface area contributed by atoms with Crippen LogP contribution in [0.3, 0.4) is 0 Å². The summed E-state index contributed by atoms with van der Waals surface area (Å²) < 4.78 is 7.12. The van der Waals surface area contributed by atoms with Crippen LogP contribution in [0.1, 0.15) is 34.1 Å². The minimum absolute atomic E-state index is 0.0764. The van der Waals surface area contributed by atoms with Crippen LogP contribution in [0.4, 0.5) is 0 Å². The van der Waals surface area contributed by atoms with Gasteiger partial charge in [-0.05, 0) is 23.6 Å². The lowest BCUT2D eigenvalue weighted by Gasteiger charge is -2.22. The molecule has 4 rings (SSSR count). The van der Waals surface area contributed by atoms with Gasteiger partial charge in [-0.1, -0.05) is 47.5 Å². The van der Waals surface area contributed by atoms with E-state index in [0.29, 0.717) is 27.0 Å². The number of benzene rings is 1. The minimum atomic E-state index is -0.922. The topological polar surface area (TPSA) is 91.4 Å². The molecule has 0 spiro atoms. The van der Waals surface area contributed by atoms with E-state index in [-0.39, 0.29) is 25.0 Å². The van der Waals surface area contributed by atoms with Gasteiger partial charge in [-0.25, -0.2) is 0 Å². The predicted molar refractivity (Wildman–Crippen MR) is 109 cm³/mol. The van der Waals surface area contributed by atoms with Gasteiger partial charge in [0.05, 0.1) is 34.3 Å². The molecule has 6 nitrogen and oxygen atoms in total. The van der Waals surface area contributed by atoms with Crippen molar-refractivity contribution in [3.8, 4) is 0 Å². The third-order valence-electron chi connectivity index (χ3n) is 4.71. The highest BCUT2D eigenvalue weighted by atomic mass is 35.5. The first-order valence-electron chi connectivity index (χ1n) is 8.62. The van der Waals surface area contributed by atoms with Gasteiger partial charge in [0.25, 0.3) is 5.91 Å². The van der Waals surface area contributed by atoms with E-state index in [9.17, 15) is 9.59 Å². The summed E-state index contributed by atoms with van der Waals surface area (Å²) >= 11 is 13.5. The van der Waals surface area contributed by atoms with E-state index in [2.05, 4.69) is 10.3 Å². The van der Waals surface area contributed by atoms with Crippen molar-refractivity contribution in [2.45, 2.75) is 25.0 Å². The molecule has 1 aromatic carbocycles. The quantitative estimate of drug-likeness (QED) is 0.530. The molecular formula is C19H16Cl2N2O4S. The Kier molecular flexibility index (Phi) is 5.33. The minimum Gasteiger partial charge on any atom is -0.481 e. The van der Waals surface area contributed by atoms with Crippen LogP contribution in [0, 0.1) is 0 Å². The first-order valence-corrected chi connectivity index (χ1v) is 10.2. The van der Waals surface area contributed by atoms with Crippen LogP contribution < -0.4 is 5.32 Å². The number of H-pyrrole nitrogens is 1. The second-order valence-corrected chi connectivity index (χ2v) is 8.56. The number of fused-ring (bicyclic) bond motifs is 2. The highest BCUT2D eigenvalue weighted by Gasteiger charge is 2.34. The SMILES string of the molecule is O=C(O)CCO[C@@H]1c2ccccc2C[C@H]1NC(=O)c1cc2sc(Cl)c(Cl)c2[nH]1. The highest BCUT2D eigenvalue weighted by Crippen LogP contribution is 2.39. The van der Waals surface area contributed by atoms with Gasteiger partial charge in [0.2, 0.25) is 0 Å². The molecule has 3 N–H and O–H groups in total. The smallest absolute Gasteiger partial charge is 0.305 e. The van der Waals surface area contributed by atoms with Crippen molar-refractivity contribution in [3.05, 3.63) is 56.5 Å². The van der Waals surface area contributed by atoms with E-state index in [1.54, 1.807) is 6.07 Å². The van der Waals surface area contributed by atoms with Gasteiger partial charge in [0.15, 0.2) is 0 Å². The maximum Gasteiger partial charge on any atom is 0.305 e. The third-order valence-corrected chi connectivity index (χ3v) is 6.65. The molecule has 0 radical (unpaired) electrons. The molecule has 0 aliphatic heterocycles. The van der Waals surface area contributed by atoms with Crippen LogP contribution >= 0.6 is 34.5 Å². The van der Waals surface area contributed by atoms with Crippen molar-refractivity contribution < 1.29 is 19.4 Å². The summed E-state index contributed by atoms with van der Waals surface area (Å²) in [5.74, 6) is -1.20. The monoisotopic (exact) mass is 438 g/mol. The lowest BCUT2D eigenvalue weighted by molar-refractivity contribution is -0.138. The molecule has 0 saturated carbocycles. The Morgan fingerprint density at radius 3 is 2.86 bits per heavy atom. The average Bonchev–Trinajstić information content (AvgIpc) is 3.29. The van der Waals surface area contributed by atoms with Gasteiger partial charge < -0.3 is 20.1 Å². The van der Waals surface area contributed by atoms with Crippen molar-refractivity contribution in [1.82, 2.24) is 10.3 Å². The van der Waals surface area contributed by atoms with Gasteiger partial charge in [0.1, 0.15) is 16.1 Å². The van der Waals surface area contributed by atoms with E-state index < -0.39 is 12.1 Å². The molecule has 0 fully saturated rings. The van der Waals surface area contributed by atoms with Gasteiger partial charge >= 0.3 is 5.97 Å². The fraction of sp³-hybridized carbons (Fsp3) is 0.263. The molecule has 1 amide bonds. The molecule has 146 valence electrons. The molecule has 9 heteroatoms. The molecule has 28 heavy (non-hydrogen) atoms. The summed E-state index contributed by atoms with van der Waals surface area (Å²) in [7, 11) is 0. The molecule has 0 bridgehead atoms. The average molecular weight is 439 g/mol. The third kappa shape index (κ3) is 3.63. The summed E-state index contributed by atoms with van der Waals surface area (Å²) in [6.45, 7) is 0.0764. The summed E-state index contributed by atoms with van der Waals surface area (Å²) in [5.41, 5.74) is 3.08. The number of ether oxygens (including phenoxy) is 1. The molecule has 1 aliphatic rings. The second kappa shape index (κ2) is 7.75. The number of carbonyl (C=O) groups is 2. The number of hydrogen-bond donors (Lipinski definition) is 3. The van der Waals surface area contributed by atoms with Gasteiger partial charge in [-0.15, -0.1) is 11.3 Å². The first-order chi connectivity index (χ1) is 13.4. The zero-order chi connectivity index (χ0) is 19.8. The number of aromatic nitrogens is 1.